The molecule has 1 heterocycles. The SMILES string of the molecule is Cc1ncsc1C(C)NCC1CCC(C)CC1. The highest BCUT2D eigenvalue weighted by Gasteiger charge is 2.19. The maximum Gasteiger partial charge on any atom is 0.0798 e. The minimum Gasteiger partial charge on any atom is -0.309 e. The van der Waals surface area contributed by atoms with Gasteiger partial charge in [0, 0.05) is 10.9 Å². The Morgan fingerprint density at radius 3 is 2.71 bits per heavy atom. The molecule has 17 heavy (non-hydrogen) atoms. The van der Waals surface area contributed by atoms with Crippen molar-refractivity contribution in [1.82, 2.24) is 10.3 Å². The predicted octanol–water partition coefficient (Wildman–Crippen LogP) is 3.93. The quantitative estimate of drug-likeness (QED) is 0.878. The van der Waals surface area contributed by atoms with Crippen LogP contribution in [0.3, 0.4) is 0 Å². The summed E-state index contributed by atoms with van der Waals surface area (Å²) in [5.41, 5.74) is 3.14. The molecule has 1 aliphatic carbocycles. The van der Waals surface area contributed by atoms with E-state index >= 15 is 0 Å². The summed E-state index contributed by atoms with van der Waals surface area (Å²) < 4.78 is 0. The van der Waals surface area contributed by atoms with E-state index in [1.807, 2.05) is 5.51 Å². The van der Waals surface area contributed by atoms with Gasteiger partial charge in [0.2, 0.25) is 0 Å². The van der Waals surface area contributed by atoms with Crippen LogP contribution < -0.4 is 5.32 Å². The monoisotopic (exact) mass is 252 g/mol. The van der Waals surface area contributed by atoms with Gasteiger partial charge in [-0.2, -0.15) is 0 Å². The lowest BCUT2D eigenvalue weighted by atomic mass is 9.83. The molecule has 2 rings (SSSR count). The Morgan fingerprint density at radius 1 is 1.41 bits per heavy atom. The maximum atomic E-state index is 4.32. The van der Waals surface area contributed by atoms with Crippen LogP contribution in [0, 0.1) is 18.8 Å². The molecule has 1 atom stereocenters. The molecule has 0 radical (unpaired) electrons. The Morgan fingerprint density at radius 2 is 2.12 bits per heavy atom. The van der Waals surface area contributed by atoms with E-state index in [-0.39, 0.29) is 0 Å². The molecule has 1 aliphatic rings. The van der Waals surface area contributed by atoms with Gasteiger partial charge in [-0.3, -0.25) is 0 Å². The summed E-state index contributed by atoms with van der Waals surface area (Å²) in [6.45, 7) is 7.91. The molecule has 3 heteroatoms. The van der Waals surface area contributed by atoms with Crippen molar-refractivity contribution in [1.29, 1.82) is 0 Å². The number of nitrogens with one attached hydrogen (secondary N) is 1. The van der Waals surface area contributed by atoms with Crippen molar-refractivity contribution in [2.24, 2.45) is 11.8 Å². The Balaban J connectivity index is 1.77. The molecule has 96 valence electrons. The van der Waals surface area contributed by atoms with Gasteiger partial charge < -0.3 is 5.32 Å². The van der Waals surface area contributed by atoms with Crippen molar-refractivity contribution < 1.29 is 0 Å². The van der Waals surface area contributed by atoms with Gasteiger partial charge >= 0.3 is 0 Å². The van der Waals surface area contributed by atoms with Crippen LogP contribution in [-0.4, -0.2) is 11.5 Å². The largest absolute Gasteiger partial charge is 0.309 e. The minimum absolute atomic E-state index is 0.460. The molecule has 0 spiro atoms. The van der Waals surface area contributed by atoms with Crippen LogP contribution in [0.25, 0.3) is 0 Å². The number of hydrogen-bond donors (Lipinski definition) is 1. The van der Waals surface area contributed by atoms with Crippen molar-refractivity contribution in [2.75, 3.05) is 6.54 Å². The van der Waals surface area contributed by atoms with Crippen molar-refractivity contribution in [3.8, 4) is 0 Å². The molecule has 1 saturated carbocycles. The lowest BCUT2D eigenvalue weighted by molar-refractivity contribution is 0.276. The summed E-state index contributed by atoms with van der Waals surface area (Å²) in [6, 6.07) is 0.460. The molecule has 0 aromatic carbocycles. The van der Waals surface area contributed by atoms with Gasteiger partial charge in [0.05, 0.1) is 11.2 Å². The first kappa shape index (κ1) is 13.0. The molecule has 0 aliphatic heterocycles. The zero-order chi connectivity index (χ0) is 12.3. The van der Waals surface area contributed by atoms with E-state index < -0.39 is 0 Å². The van der Waals surface area contributed by atoms with Gasteiger partial charge in [0.25, 0.3) is 0 Å². The van der Waals surface area contributed by atoms with Crippen molar-refractivity contribution in [2.45, 2.75) is 52.5 Å². The van der Waals surface area contributed by atoms with E-state index in [9.17, 15) is 0 Å². The Kier molecular flexibility index (Phi) is 4.57. The van der Waals surface area contributed by atoms with Gasteiger partial charge in [0.15, 0.2) is 0 Å². The summed E-state index contributed by atoms with van der Waals surface area (Å²) in [4.78, 5) is 5.72. The third kappa shape index (κ3) is 3.52. The minimum atomic E-state index is 0.460. The summed E-state index contributed by atoms with van der Waals surface area (Å²) in [7, 11) is 0. The van der Waals surface area contributed by atoms with E-state index in [0.717, 1.165) is 11.8 Å². The summed E-state index contributed by atoms with van der Waals surface area (Å²) in [5.74, 6) is 1.84. The second-order valence-electron chi connectivity index (χ2n) is 5.56. The number of rotatable bonds is 4. The second-order valence-corrected chi connectivity index (χ2v) is 6.44. The third-order valence-corrected chi connectivity index (χ3v) is 5.14. The molecule has 0 saturated heterocycles. The van der Waals surface area contributed by atoms with Gasteiger partial charge in [-0.25, -0.2) is 4.98 Å². The van der Waals surface area contributed by atoms with Crippen LogP contribution in [-0.2, 0) is 0 Å². The van der Waals surface area contributed by atoms with E-state index in [2.05, 4.69) is 31.1 Å². The predicted molar refractivity (Wildman–Crippen MR) is 74.4 cm³/mol. The molecule has 1 aromatic rings. The average molecular weight is 252 g/mol. The smallest absolute Gasteiger partial charge is 0.0798 e. The molecule has 1 aromatic heterocycles. The molecule has 1 unspecified atom stereocenters. The number of thiazole rings is 1. The highest BCUT2D eigenvalue weighted by Crippen LogP contribution is 2.28. The summed E-state index contributed by atoms with van der Waals surface area (Å²) >= 11 is 1.77. The Labute approximate surface area is 109 Å². The van der Waals surface area contributed by atoms with Crippen molar-refractivity contribution in [3.63, 3.8) is 0 Å². The second kappa shape index (κ2) is 5.96. The fraction of sp³-hybridized carbons (Fsp3) is 0.786. The number of hydrogen-bond acceptors (Lipinski definition) is 3. The number of aromatic nitrogens is 1. The van der Waals surface area contributed by atoms with E-state index in [1.165, 1.54) is 42.8 Å². The number of aryl methyl sites for hydroxylation is 1. The fourth-order valence-corrected chi connectivity index (χ4v) is 3.53. The molecular weight excluding hydrogens is 228 g/mol. The first-order valence-corrected chi connectivity index (χ1v) is 7.68. The highest BCUT2D eigenvalue weighted by molar-refractivity contribution is 7.09. The van der Waals surface area contributed by atoms with Crippen LogP contribution in [0.15, 0.2) is 5.51 Å². The lowest BCUT2D eigenvalue weighted by Gasteiger charge is -2.27. The van der Waals surface area contributed by atoms with E-state index in [0.29, 0.717) is 6.04 Å². The molecule has 0 amide bonds. The first-order chi connectivity index (χ1) is 8.16. The van der Waals surface area contributed by atoms with Crippen molar-refractivity contribution in [3.05, 3.63) is 16.1 Å². The highest BCUT2D eigenvalue weighted by atomic mass is 32.1. The first-order valence-electron chi connectivity index (χ1n) is 6.80. The lowest BCUT2D eigenvalue weighted by Crippen LogP contribution is -2.28. The standard InChI is InChI=1S/C14H24N2S/c1-10-4-6-13(7-5-10)8-15-11(2)14-12(3)16-9-17-14/h9-11,13,15H,4-8H2,1-3H3. The molecule has 1 N–H and O–H groups in total. The zero-order valence-electron chi connectivity index (χ0n) is 11.2. The fourth-order valence-electron chi connectivity index (χ4n) is 2.70. The van der Waals surface area contributed by atoms with Crippen LogP contribution in [0.2, 0.25) is 0 Å². The van der Waals surface area contributed by atoms with Gasteiger partial charge in [-0.05, 0) is 45.1 Å². The Hall–Kier alpha value is -0.410. The maximum absolute atomic E-state index is 4.32. The third-order valence-electron chi connectivity index (χ3n) is 4.02. The molecule has 2 nitrogen and oxygen atoms in total. The normalized spacial score (nSPS) is 27.0. The van der Waals surface area contributed by atoms with E-state index in [4.69, 9.17) is 0 Å². The summed E-state index contributed by atoms with van der Waals surface area (Å²) in [6.07, 6.45) is 5.64. The van der Waals surface area contributed by atoms with Gasteiger partial charge in [-0.1, -0.05) is 19.8 Å². The van der Waals surface area contributed by atoms with Crippen LogP contribution in [0.4, 0.5) is 0 Å². The Bertz CT molecular complexity index is 340. The molecular formula is C14H24N2S. The topological polar surface area (TPSA) is 24.9 Å². The number of nitrogens with zero attached hydrogens (tertiary/aromatic N) is 1. The average Bonchev–Trinajstić information content (AvgIpc) is 2.74. The van der Waals surface area contributed by atoms with E-state index in [1.54, 1.807) is 11.3 Å². The van der Waals surface area contributed by atoms with Crippen molar-refractivity contribution >= 4 is 11.3 Å². The zero-order valence-corrected chi connectivity index (χ0v) is 12.0. The van der Waals surface area contributed by atoms with Gasteiger partial charge in [-0.15, -0.1) is 11.3 Å². The molecule has 1 fully saturated rings. The van der Waals surface area contributed by atoms with Gasteiger partial charge in [0.1, 0.15) is 0 Å². The molecule has 0 bridgehead atoms. The van der Waals surface area contributed by atoms with Crippen LogP contribution >= 0.6 is 11.3 Å². The van der Waals surface area contributed by atoms with Crippen LogP contribution in [0.5, 0.6) is 0 Å². The van der Waals surface area contributed by atoms with Crippen LogP contribution in [0.1, 0.15) is 56.1 Å². The summed E-state index contributed by atoms with van der Waals surface area (Å²) in [5, 5.41) is 3.68.